The molecule has 130 valence electrons. The first-order chi connectivity index (χ1) is 12.1. The van der Waals surface area contributed by atoms with Crippen LogP contribution in [0.2, 0.25) is 0 Å². The van der Waals surface area contributed by atoms with Crippen LogP contribution in [0.25, 0.3) is 21.1 Å². The van der Waals surface area contributed by atoms with E-state index in [0.29, 0.717) is 26.7 Å². The second-order valence-electron chi connectivity index (χ2n) is 5.78. The third-order valence-corrected chi connectivity index (χ3v) is 6.68. The van der Waals surface area contributed by atoms with Gasteiger partial charge in [-0.1, -0.05) is 6.92 Å². The van der Waals surface area contributed by atoms with Crippen molar-refractivity contribution in [2.24, 2.45) is 0 Å². The molecule has 0 radical (unpaired) electrons. The molecule has 1 heterocycles. The molecule has 0 saturated heterocycles. The summed E-state index contributed by atoms with van der Waals surface area (Å²) in [6.07, 6.45) is 1.82. The van der Waals surface area contributed by atoms with Gasteiger partial charge in [0, 0.05) is 0 Å². The Bertz CT molecular complexity index is 853. The van der Waals surface area contributed by atoms with Crippen molar-refractivity contribution in [3.05, 3.63) is 64.6 Å². The quantitative estimate of drug-likeness (QED) is 0.478. The van der Waals surface area contributed by atoms with E-state index in [9.17, 15) is 8.78 Å². The van der Waals surface area contributed by atoms with E-state index in [0.717, 1.165) is 18.4 Å². The summed E-state index contributed by atoms with van der Waals surface area (Å²) in [6.45, 7) is 4.46. The molecule has 0 saturated carbocycles. The Morgan fingerprint density at radius 3 is 2.20 bits per heavy atom. The maximum absolute atomic E-state index is 14.4. The predicted octanol–water partition coefficient (Wildman–Crippen LogP) is 5.71. The summed E-state index contributed by atoms with van der Waals surface area (Å²) in [7, 11) is 0. The molecule has 0 atom stereocenters. The SMILES string of the molecule is CCCOc1ccc(-c2ccc(-c3ccc(CC)[se]3)cc2)c(F)c1F. The van der Waals surface area contributed by atoms with Crippen molar-refractivity contribution < 1.29 is 13.5 Å². The number of aryl methyl sites for hydroxylation is 1. The normalized spacial score (nSPS) is 10.9. The van der Waals surface area contributed by atoms with Crippen molar-refractivity contribution in [1.29, 1.82) is 0 Å². The van der Waals surface area contributed by atoms with Crippen molar-refractivity contribution in [2.45, 2.75) is 26.7 Å². The van der Waals surface area contributed by atoms with Gasteiger partial charge >= 0.3 is 146 Å². The molecule has 1 nitrogen and oxygen atoms in total. The van der Waals surface area contributed by atoms with E-state index in [1.165, 1.54) is 14.9 Å². The number of benzene rings is 2. The van der Waals surface area contributed by atoms with Gasteiger partial charge in [-0.05, 0) is 0 Å². The van der Waals surface area contributed by atoms with Crippen LogP contribution in [0.5, 0.6) is 5.75 Å². The number of ether oxygens (including phenoxy) is 1. The second-order valence-corrected chi connectivity index (χ2v) is 8.24. The zero-order valence-electron chi connectivity index (χ0n) is 14.3. The van der Waals surface area contributed by atoms with Gasteiger partial charge < -0.3 is 0 Å². The predicted molar refractivity (Wildman–Crippen MR) is 99.3 cm³/mol. The monoisotopic (exact) mass is 406 g/mol. The van der Waals surface area contributed by atoms with Gasteiger partial charge in [0.25, 0.3) is 0 Å². The molecular weight excluding hydrogens is 385 g/mol. The average Bonchev–Trinajstić information content (AvgIpc) is 3.12. The van der Waals surface area contributed by atoms with Gasteiger partial charge in [0.05, 0.1) is 0 Å². The van der Waals surface area contributed by atoms with E-state index in [2.05, 4.69) is 19.1 Å². The van der Waals surface area contributed by atoms with E-state index < -0.39 is 11.6 Å². The van der Waals surface area contributed by atoms with Crippen molar-refractivity contribution in [1.82, 2.24) is 0 Å². The van der Waals surface area contributed by atoms with Gasteiger partial charge in [0.15, 0.2) is 0 Å². The van der Waals surface area contributed by atoms with Crippen molar-refractivity contribution in [3.63, 3.8) is 0 Å². The summed E-state index contributed by atoms with van der Waals surface area (Å²) in [6, 6.07) is 15.1. The van der Waals surface area contributed by atoms with Crippen LogP contribution in [0.4, 0.5) is 8.78 Å². The molecule has 0 N–H and O–H groups in total. The fourth-order valence-corrected chi connectivity index (χ4v) is 4.61. The summed E-state index contributed by atoms with van der Waals surface area (Å²) < 4.78 is 36.6. The van der Waals surface area contributed by atoms with Gasteiger partial charge in [-0.25, -0.2) is 0 Å². The van der Waals surface area contributed by atoms with Crippen LogP contribution in [0.1, 0.15) is 24.7 Å². The number of rotatable bonds is 6. The molecule has 0 bridgehead atoms. The summed E-state index contributed by atoms with van der Waals surface area (Å²) in [5.41, 5.74) is 2.07. The Morgan fingerprint density at radius 1 is 0.840 bits per heavy atom. The van der Waals surface area contributed by atoms with Crippen LogP contribution in [0.15, 0.2) is 48.5 Å². The first kappa shape index (κ1) is 17.9. The number of hydrogen-bond donors (Lipinski definition) is 0. The Hall–Kier alpha value is -1.90. The van der Waals surface area contributed by atoms with E-state index in [1.807, 2.05) is 31.2 Å². The standard InChI is InChI=1S/C21H20F2OSe/c1-3-13-24-18-11-10-17(20(22)21(18)23)14-5-7-15(8-6-14)19-12-9-16(4-2)25-19/h5-12H,3-4,13H2,1-2H3. The molecular formula is C21H20F2OSe. The molecule has 0 aliphatic carbocycles. The van der Waals surface area contributed by atoms with Crippen LogP contribution in [-0.2, 0) is 6.42 Å². The second kappa shape index (κ2) is 7.99. The maximum atomic E-state index is 14.4. The van der Waals surface area contributed by atoms with Gasteiger partial charge in [-0.2, -0.15) is 0 Å². The summed E-state index contributed by atoms with van der Waals surface area (Å²) in [5, 5.41) is 0. The Kier molecular flexibility index (Phi) is 5.72. The first-order valence-electron chi connectivity index (χ1n) is 8.44. The minimum atomic E-state index is -0.923. The molecule has 0 amide bonds. The molecule has 0 aliphatic rings. The molecule has 0 spiro atoms. The average molecular weight is 405 g/mol. The number of hydrogen-bond acceptors (Lipinski definition) is 1. The molecule has 4 heteroatoms. The Balaban J connectivity index is 1.88. The van der Waals surface area contributed by atoms with E-state index >= 15 is 0 Å². The molecule has 1 aromatic heterocycles. The summed E-state index contributed by atoms with van der Waals surface area (Å²) in [4.78, 5) is 0. The fourth-order valence-electron chi connectivity index (χ4n) is 2.62. The van der Waals surface area contributed by atoms with Crippen LogP contribution >= 0.6 is 0 Å². The van der Waals surface area contributed by atoms with Crippen LogP contribution in [0, 0.1) is 11.6 Å². The third-order valence-electron chi connectivity index (χ3n) is 4.00. The topological polar surface area (TPSA) is 9.23 Å². The van der Waals surface area contributed by atoms with E-state index in [-0.39, 0.29) is 11.3 Å². The van der Waals surface area contributed by atoms with Crippen LogP contribution in [0.3, 0.4) is 0 Å². The Morgan fingerprint density at radius 2 is 1.56 bits per heavy atom. The van der Waals surface area contributed by atoms with Crippen LogP contribution in [-0.4, -0.2) is 21.1 Å². The molecule has 0 unspecified atom stereocenters. The van der Waals surface area contributed by atoms with Gasteiger partial charge in [-0.3, -0.25) is 0 Å². The zero-order chi connectivity index (χ0) is 17.8. The van der Waals surface area contributed by atoms with Crippen molar-refractivity contribution >= 4 is 14.5 Å². The number of halogens is 2. The molecule has 25 heavy (non-hydrogen) atoms. The van der Waals surface area contributed by atoms with Crippen LogP contribution < -0.4 is 4.74 Å². The van der Waals surface area contributed by atoms with Gasteiger partial charge in [0.2, 0.25) is 0 Å². The van der Waals surface area contributed by atoms with Gasteiger partial charge in [-0.15, -0.1) is 0 Å². The Labute approximate surface area is 153 Å². The van der Waals surface area contributed by atoms with E-state index in [4.69, 9.17) is 4.74 Å². The van der Waals surface area contributed by atoms with Crippen molar-refractivity contribution in [3.8, 4) is 26.9 Å². The molecule has 0 fully saturated rings. The zero-order valence-corrected chi connectivity index (χ0v) is 16.0. The minimum absolute atomic E-state index is 0.0308. The fraction of sp³-hybridized carbons (Fsp3) is 0.238. The summed E-state index contributed by atoms with van der Waals surface area (Å²) >= 11 is 0.367. The van der Waals surface area contributed by atoms with E-state index in [1.54, 1.807) is 6.07 Å². The molecule has 2 aromatic carbocycles. The molecule has 3 aromatic rings. The van der Waals surface area contributed by atoms with Crippen molar-refractivity contribution in [2.75, 3.05) is 6.61 Å². The molecule has 3 rings (SSSR count). The van der Waals surface area contributed by atoms with Gasteiger partial charge in [0.1, 0.15) is 0 Å². The molecule has 0 aliphatic heterocycles. The first-order valence-corrected chi connectivity index (χ1v) is 10.2. The third kappa shape index (κ3) is 3.86. The summed E-state index contributed by atoms with van der Waals surface area (Å²) in [5.74, 6) is -1.81.